The number of phenols is 1. The molecule has 3 aromatic rings. The molecule has 6 heteroatoms. The van der Waals surface area contributed by atoms with Gasteiger partial charge < -0.3 is 19.3 Å². The highest BCUT2D eigenvalue weighted by molar-refractivity contribution is 7.17. The lowest BCUT2D eigenvalue weighted by Crippen LogP contribution is -2.03. The minimum atomic E-state index is -0.393. The van der Waals surface area contributed by atoms with Gasteiger partial charge in [0.15, 0.2) is 17.3 Å². The summed E-state index contributed by atoms with van der Waals surface area (Å²) in [5.74, 6) is 0.0471. The molecule has 1 heterocycles. The second kappa shape index (κ2) is 7.49. The number of carbonyl (C=O) groups is 1. The average Bonchev–Trinajstić information content (AvgIpc) is 3.08. The lowest BCUT2D eigenvalue weighted by molar-refractivity contribution is 0.104. The average molecular weight is 370 g/mol. The molecule has 0 saturated heterocycles. The number of allylic oxidation sites excluding steroid dienone is 1. The first kappa shape index (κ1) is 17.8. The molecule has 0 saturated carbocycles. The van der Waals surface area contributed by atoms with E-state index in [4.69, 9.17) is 14.2 Å². The summed E-state index contributed by atoms with van der Waals surface area (Å²) >= 11 is 1.61. The second-order valence-corrected chi connectivity index (χ2v) is 6.34. The van der Waals surface area contributed by atoms with Crippen molar-refractivity contribution in [1.82, 2.24) is 0 Å². The van der Waals surface area contributed by atoms with Crippen LogP contribution >= 0.6 is 11.3 Å². The molecule has 0 radical (unpaired) electrons. The first-order valence-electron chi connectivity index (χ1n) is 7.81. The van der Waals surface area contributed by atoms with Gasteiger partial charge in [-0.3, -0.25) is 4.79 Å². The van der Waals surface area contributed by atoms with Gasteiger partial charge in [-0.2, -0.15) is 0 Å². The molecule has 0 aliphatic carbocycles. The lowest BCUT2D eigenvalue weighted by Gasteiger charge is -2.15. The fraction of sp³-hybridized carbons (Fsp3) is 0.150. The summed E-state index contributed by atoms with van der Waals surface area (Å²) in [5.41, 5.74) is 0.971. The van der Waals surface area contributed by atoms with Gasteiger partial charge in [0.25, 0.3) is 0 Å². The van der Waals surface area contributed by atoms with Crippen LogP contribution in [0.2, 0.25) is 0 Å². The Morgan fingerprint density at radius 2 is 1.81 bits per heavy atom. The van der Waals surface area contributed by atoms with Crippen LogP contribution < -0.4 is 14.2 Å². The predicted molar refractivity (Wildman–Crippen MR) is 103 cm³/mol. The van der Waals surface area contributed by atoms with Crippen molar-refractivity contribution in [2.24, 2.45) is 0 Å². The third-order valence-electron chi connectivity index (χ3n) is 3.98. The molecule has 0 spiro atoms. The number of fused-ring (bicyclic) bond motifs is 1. The Kier molecular flexibility index (Phi) is 5.14. The maximum Gasteiger partial charge on any atom is 0.204 e. The summed E-state index contributed by atoms with van der Waals surface area (Å²) in [5, 5.41) is 13.3. The molecule has 1 N–H and O–H groups in total. The van der Waals surface area contributed by atoms with E-state index in [1.807, 2.05) is 29.6 Å². The molecule has 26 heavy (non-hydrogen) atoms. The number of phenolic OH excluding ortho intramolecular Hbond substituents is 1. The molecule has 0 fully saturated rings. The molecular formula is C20H18O5S. The van der Waals surface area contributed by atoms with Gasteiger partial charge in [-0.15, -0.1) is 11.3 Å². The van der Waals surface area contributed by atoms with Gasteiger partial charge in [0.2, 0.25) is 5.75 Å². The molecule has 2 aromatic carbocycles. The predicted octanol–water partition coefficient (Wildman–Crippen LogP) is 4.53. The maximum atomic E-state index is 12.7. The highest BCUT2D eigenvalue weighted by atomic mass is 32.1. The van der Waals surface area contributed by atoms with Crippen LogP contribution in [0, 0.1) is 0 Å². The molecule has 0 amide bonds. The number of ether oxygens (including phenoxy) is 3. The number of rotatable bonds is 6. The van der Waals surface area contributed by atoms with Gasteiger partial charge in [0, 0.05) is 10.8 Å². The Balaban J connectivity index is 2.02. The maximum absolute atomic E-state index is 12.7. The third kappa shape index (κ3) is 3.11. The van der Waals surface area contributed by atoms with Crippen LogP contribution in [0.5, 0.6) is 23.0 Å². The zero-order chi connectivity index (χ0) is 18.7. The van der Waals surface area contributed by atoms with Crippen molar-refractivity contribution in [3.8, 4) is 23.0 Å². The van der Waals surface area contributed by atoms with Crippen LogP contribution in [-0.4, -0.2) is 32.2 Å². The molecule has 134 valence electrons. The number of aromatic hydroxyl groups is 1. The monoisotopic (exact) mass is 370 g/mol. The van der Waals surface area contributed by atoms with Crippen molar-refractivity contribution in [2.45, 2.75) is 0 Å². The van der Waals surface area contributed by atoms with E-state index in [0.717, 1.165) is 15.6 Å². The van der Waals surface area contributed by atoms with E-state index in [0.29, 0.717) is 0 Å². The van der Waals surface area contributed by atoms with Crippen LogP contribution in [0.1, 0.15) is 15.9 Å². The molecule has 5 nitrogen and oxygen atoms in total. The van der Waals surface area contributed by atoms with E-state index in [9.17, 15) is 9.90 Å². The van der Waals surface area contributed by atoms with Crippen molar-refractivity contribution in [3.05, 3.63) is 52.9 Å². The molecule has 0 aliphatic heterocycles. The Bertz CT molecular complexity index is 987. The smallest absolute Gasteiger partial charge is 0.204 e. The summed E-state index contributed by atoms with van der Waals surface area (Å²) in [4.78, 5) is 12.7. The third-order valence-corrected chi connectivity index (χ3v) is 4.96. The first-order chi connectivity index (χ1) is 12.6. The molecule has 0 atom stereocenters. The number of methoxy groups -OCH3 is 3. The number of ketones is 1. The molecule has 0 unspecified atom stereocenters. The number of benzene rings is 2. The van der Waals surface area contributed by atoms with Gasteiger partial charge in [0.1, 0.15) is 11.3 Å². The Morgan fingerprint density at radius 3 is 2.50 bits per heavy atom. The van der Waals surface area contributed by atoms with Crippen molar-refractivity contribution >= 4 is 33.3 Å². The van der Waals surface area contributed by atoms with E-state index < -0.39 is 5.78 Å². The fourth-order valence-electron chi connectivity index (χ4n) is 2.76. The molecule has 3 rings (SSSR count). The van der Waals surface area contributed by atoms with Crippen LogP contribution in [-0.2, 0) is 0 Å². The van der Waals surface area contributed by atoms with E-state index >= 15 is 0 Å². The molecule has 1 aromatic heterocycles. The van der Waals surface area contributed by atoms with Crippen molar-refractivity contribution in [3.63, 3.8) is 0 Å². The normalized spacial score (nSPS) is 11.0. The van der Waals surface area contributed by atoms with Crippen molar-refractivity contribution < 1.29 is 24.1 Å². The van der Waals surface area contributed by atoms with Gasteiger partial charge in [-0.1, -0.05) is 18.2 Å². The summed E-state index contributed by atoms with van der Waals surface area (Å²) in [6, 6.07) is 9.30. The van der Waals surface area contributed by atoms with E-state index in [1.165, 1.54) is 33.5 Å². The van der Waals surface area contributed by atoms with Crippen LogP contribution in [0.25, 0.3) is 16.2 Å². The van der Waals surface area contributed by atoms with E-state index in [-0.39, 0.29) is 28.6 Å². The Morgan fingerprint density at radius 1 is 1.08 bits per heavy atom. The SMILES string of the molecule is COc1cc(O)c(C(=O)/C=C/c2csc3ccccc23)c(OC)c1OC. The number of hydrogen-bond donors (Lipinski definition) is 1. The minimum Gasteiger partial charge on any atom is -0.507 e. The minimum absolute atomic E-state index is 0.0286. The number of hydrogen-bond acceptors (Lipinski definition) is 6. The van der Waals surface area contributed by atoms with Gasteiger partial charge in [-0.05, 0) is 34.5 Å². The van der Waals surface area contributed by atoms with Crippen LogP contribution in [0.3, 0.4) is 0 Å². The number of carbonyl (C=O) groups excluding carboxylic acids is 1. The Hall–Kier alpha value is -2.99. The molecular weight excluding hydrogens is 352 g/mol. The van der Waals surface area contributed by atoms with E-state index in [1.54, 1.807) is 17.4 Å². The van der Waals surface area contributed by atoms with Crippen LogP contribution in [0.15, 0.2) is 41.8 Å². The number of thiophene rings is 1. The molecule has 0 bridgehead atoms. The van der Waals surface area contributed by atoms with Crippen molar-refractivity contribution in [1.29, 1.82) is 0 Å². The summed E-state index contributed by atoms with van der Waals surface area (Å²) < 4.78 is 16.9. The van der Waals surface area contributed by atoms with E-state index in [2.05, 4.69) is 0 Å². The van der Waals surface area contributed by atoms with Crippen molar-refractivity contribution in [2.75, 3.05) is 21.3 Å². The Labute approximate surface area is 155 Å². The summed E-state index contributed by atoms with van der Waals surface area (Å²) in [6.07, 6.45) is 3.15. The fourth-order valence-corrected chi connectivity index (χ4v) is 3.69. The van der Waals surface area contributed by atoms with Gasteiger partial charge >= 0.3 is 0 Å². The molecule has 0 aliphatic rings. The zero-order valence-corrected chi connectivity index (χ0v) is 15.4. The highest BCUT2D eigenvalue weighted by Gasteiger charge is 2.24. The second-order valence-electron chi connectivity index (χ2n) is 5.42. The first-order valence-corrected chi connectivity index (χ1v) is 8.69. The largest absolute Gasteiger partial charge is 0.507 e. The topological polar surface area (TPSA) is 65.0 Å². The quantitative estimate of drug-likeness (QED) is 0.510. The van der Waals surface area contributed by atoms with Crippen LogP contribution in [0.4, 0.5) is 0 Å². The summed E-state index contributed by atoms with van der Waals surface area (Å²) in [6.45, 7) is 0. The zero-order valence-electron chi connectivity index (χ0n) is 14.6. The standard InChI is InChI=1S/C20H18O5S/c1-23-16-10-15(22)18(20(25-3)19(16)24-2)14(21)9-8-12-11-26-17-7-5-4-6-13(12)17/h4-11,22H,1-3H3/b9-8+. The summed E-state index contributed by atoms with van der Waals surface area (Å²) in [7, 11) is 4.29. The van der Waals surface area contributed by atoms with Gasteiger partial charge in [0.05, 0.1) is 21.3 Å². The lowest BCUT2D eigenvalue weighted by atomic mass is 10.0. The highest BCUT2D eigenvalue weighted by Crippen LogP contribution is 2.45. The van der Waals surface area contributed by atoms with Gasteiger partial charge in [-0.25, -0.2) is 0 Å².